The van der Waals surface area contributed by atoms with Crippen LogP contribution >= 0.6 is 11.3 Å². The van der Waals surface area contributed by atoms with Crippen LogP contribution < -0.4 is 11.1 Å². The first kappa shape index (κ1) is 9.87. The molecule has 0 aliphatic carbocycles. The highest BCUT2D eigenvalue weighted by atomic mass is 32.1. The van der Waals surface area contributed by atoms with Crippen LogP contribution in [0.25, 0.3) is 0 Å². The number of amides is 1. The van der Waals surface area contributed by atoms with E-state index in [9.17, 15) is 4.79 Å². The van der Waals surface area contributed by atoms with Gasteiger partial charge in [0.05, 0.1) is 6.61 Å². The molecule has 6 nitrogen and oxygen atoms in total. The van der Waals surface area contributed by atoms with E-state index < -0.39 is 5.91 Å². The number of nitrogens with zero attached hydrogens (tertiary/aromatic N) is 2. The molecule has 7 heteroatoms. The molecule has 13 heavy (non-hydrogen) atoms. The summed E-state index contributed by atoms with van der Waals surface area (Å²) in [5, 5.41) is 11.1. The maximum absolute atomic E-state index is 10.2. The molecule has 0 saturated heterocycles. The minimum atomic E-state index is -0.462. The maximum atomic E-state index is 10.2. The second-order valence-electron chi connectivity index (χ2n) is 2.19. The topological polar surface area (TPSA) is 90.1 Å². The van der Waals surface area contributed by atoms with Crippen molar-refractivity contribution in [3.8, 4) is 0 Å². The van der Waals surface area contributed by atoms with Gasteiger partial charge in [0.2, 0.25) is 11.0 Å². The van der Waals surface area contributed by atoms with E-state index in [-0.39, 0.29) is 6.61 Å². The molecule has 1 aromatic rings. The van der Waals surface area contributed by atoms with Crippen molar-refractivity contribution in [1.82, 2.24) is 10.2 Å². The first-order chi connectivity index (χ1) is 6.29. The third-order valence-electron chi connectivity index (χ3n) is 1.13. The fraction of sp³-hybridized carbons (Fsp3) is 0.500. The standard InChI is InChI=1S/C6H10N4O2S/c7-5(11)3-12-2-1-8-6-10-9-4-13-6/h4H,1-3H2,(H2,7,11)(H,8,10). The molecule has 1 amide bonds. The number of aromatic nitrogens is 2. The fourth-order valence-corrected chi connectivity index (χ4v) is 1.13. The average molecular weight is 202 g/mol. The van der Waals surface area contributed by atoms with E-state index in [2.05, 4.69) is 15.5 Å². The summed E-state index contributed by atoms with van der Waals surface area (Å²) >= 11 is 1.41. The van der Waals surface area contributed by atoms with Gasteiger partial charge in [-0.15, -0.1) is 10.2 Å². The SMILES string of the molecule is NC(=O)COCCNc1nncs1. The smallest absolute Gasteiger partial charge is 0.243 e. The van der Waals surface area contributed by atoms with Crippen molar-refractivity contribution >= 4 is 22.4 Å². The predicted octanol–water partition coefficient (Wildman–Crippen LogP) is -0.548. The van der Waals surface area contributed by atoms with Gasteiger partial charge in [-0.2, -0.15) is 0 Å². The Morgan fingerprint density at radius 1 is 1.77 bits per heavy atom. The summed E-state index contributed by atoms with van der Waals surface area (Å²) in [6.07, 6.45) is 0. The van der Waals surface area contributed by atoms with Crippen LogP contribution in [0.2, 0.25) is 0 Å². The number of anilines is 1. The lowest BCUT2D eigenvalue weighted by Crippen LogP contribution is -2.20. The van der Waals surface area contributed by atoms with Crippen LogP contribution in [0, 0.1) is 0 Å². The Morgan fingerprint density at radius 2 is 2.62 bits per heavy atom. The van der Waals surface area contributed by atoms with Gasteiger partial charge in [-0.05, 0) is 0 Å². The third kappa shape index (κ3) is 4.38. The molecule has 72 valence electrons. The Balaban J connectivity index is 1.99. The number of hydrogen-bond acceptors (Lipinski definition) is 6. The van der Waals surface area contributed by atoms with Crippen LogP contribution in [0.4, 0.5) is 5.13 Å². The van der Waals surface area contributed by atoms with Gasteiger partial charge in [-0.25, -0.2) is 0 Å². The number of ether oxygens (including phenoxy) is 1. The zero-order valence-corrected chi connectivity index (χ0v) is 7.71. The number of rotatable bonds is 6. The van der Waals surface area contributed by atoms with E-state index in [0.717, 1.165) is 5.13 Å². The summed E-state index contributed by atoms with van der Waals surface area (Å²) in [7, 11) is 0. The summed E-state index contributed by atoms with van der Waals surface area (Å²) in [6, 6.07) is 0. The van der Waals surface area contributed by atoms with Crippen molar-refractivity contribution in [1.29, 1.82) is 0 Å². The zero-order chi connectivity index (χ0) is 9.52. The number of nitrogens with one attached hydrogen (secondary N) is 1. The Labute approximate surface area is 79.1 Å². The molecule has 0 bridgehead atoms. The summed E-state index contributed by atoms with van der Waals surface area (Å²) in [5.41, 5.74) is 6.50. The zero-order valence-electron chi connectivity index (χ0n) is 6.90. The Bertz CT molecular complexity index is 251. The van der Waals surface area contributed by atoms with Crippen molar-refractivity contribution < 1.29 is 9.53 Å². The van der Waals surface area contributed by atoms with Crippen molar-refractivity contribution in [2.75, 3.05) is 25.1 Å². The molecule has 0 atom stereocenters. The molecular formula is C6H10N4O2S. The summed E-state index contributed by atoms with van der Waals surface area (Å²) in [6.45, 7) is 0.961. The maximum Gasteiger partial charge on any atom is 0.243 e. The Morgan fingerprint density at radius 3 is 3.23 bits per heavy atom. The lowest BCUT2D eigenvalue weighted by atomic mass is 10.6. The van der Waals surface area contributed by atoms with Crippen LogP contribution in [-0.4, -0.2) is 35.9 Å². The van der Waals surface area contributed by atoms with Gasteiger partial charge in [0.15, 0.2) is 0 Å². The van der Waals surface area contributed by atoms with Gasteiger partial charge in [0.1, 0.15) is 12.1 Å². The quantitative estimate of drug-likeness (QED) is 0.604. The first-order valence-corrected chi connectivity index (χ1v) is 4.53. The number of nitrogens with two attached hydrogens (primary N) is 1. The van der Waals surface area contributed by atoms with E-state index in [0.29, 0.717) is 13.2 Å². The van der Waals surface area contributed by atoms with E-state index in [1.165, 1.54) is 11.3 Å². The lowest BCUT2D eigenvalue weighted by Gasteiger charge is -2.01. The molecule has 0 aliphatic heterocycles. The average Bonchev–Trinajstić information content (AvgIpc) is 2.55. The molecule has 0 radical (unpaired) electrons. The Hall–Kier alpha value is -1.21. The van der Waals surface area contributed by atoms with Gasteiger partial charge in [0.25, 0.3) is 0 Å². The van der Waals surface area contributed by atoms with Gasteiger partial charge in [-0.3, -0.25) is 4.79 Å². The minimum Gasteiger partial charge on any atom is -0.370 e. The molecular weight excluding hydrogens is 192 g/mol. The predicted molar refractivity (Wildman–Crippen MR) is 48.4 cm³/mol. The molecule has 0 saturated carbocycles. The van der Waals surface area contributed by atoms with E-state index in [1.807, 2.05) is 0 Å². The molecule has 1 heterocycles. The monoisotopic (exact) mass is 202 g/mol. The van der Waals surface area contributed by atoms with Gasteiger partial charge in [0, 0.05) is 6.54 Å². The first-order valence-electron chi connectivity index (χ1n) is 3.65. The molecule has 0 fully saturated rings. The highest BCUT2D eigenvalue weighted by Gasteiger charge is 1.95. The van der Waals surface area contributed by atoms with E-state index >= 15 is 0 Å². The van der Waals surface area contributed by atoms with Crippen molar-refractivity contribution in [3.63, 3.8) is 0 Å². The van der Waals surface area contributed by atoms with Crippen LogP contribution in [0.1, 0.15) is 0 Å². The molecule has 0 aromatic carbocycles. The number of primary amides is 1. The summed E-state index contributed by atoms with van der Waals surface area (Å²) in [4.78, 5) is 10.2. The van der Waals surface area contributed by atoms with E-state index in [4.69, 9.17) is 10.5 Å². The molecule has 1 rings (SSSR count). The van der Waals surface area contributed by atoms with Crippen molar-refractivity contribution in [2.45, 2.75) is 0 Å². The summed E-state index contributed by atoms with van der Waals surface area (Å²) in [5.74, 6) is -0.462. The molecule has 3 N–H and O–H groups in total. The van der Waals surface area contributed by atoms with Crippen LogP contribution in [-0.2, 0) is 9.53 Å². The molecule has 0 spiro atoms. The fourth-order valence-electron chi connectivity index (χ4n) is 0.653. The van der Waals surface area contributed by atoms with Crippen molar-refractivity contribution in [2.24, 2.45) is 5.73 Å². The van der Waals surface area contributed by atoms with Crippen molar-refractivity contribution in [3.05, 3.63) is 5.51 Å². The van der Waals surface area contributed by atoms with Gasteiger partial charge >= 0.3 is 0 Å². The highest BCUT2D eigenvalue weighted by Crippen LogP contribution is 2.06. The lowest BCUT2D eigenvalue weighted by molar-refractivity contribution is -0.122. The minimum absolute atomic E-state index is 0.0439. The van der Waals surface area contributed by atoms with Crippen LogP contribution in [0.15, 0.2) is 5.51 Å². The molecule has 0 aliphatic rings. The summed E-state index contributed by atoms with van der Waals surface area (Å²) < 4.78 is 4.91. The molecule has 1 aromatic heterocycles. The Kier molecular flexibility index (Phi) is 4.13. The second kappa shape index (κ2) is 5.44. The normalized spacial score (nSPS) is 9.85. The van der Waals surface area contributed by atoms with Gasteiger partial charge < -0.3 is 15.8 Å². The third-order valence-corrected chi connectivity index (χ3v) is 1.78. The van der Waals surface area contributed by atoms with Gasteiger partial charge in [-0.1, -0.05) is 11.3 Å². The highest BCUT2D eigenvalue weighted by molar-refractivity contribution is 7.13. The second-order valence-corrected chi connectivity index (χ2v) is 3.02. The van der Waals surface area contributed by atoms with E-state index in [1.54, 1.807) is 5.51 Å². The largest absolute Gasteiger partial charge is 0.370 e. The number of carbonyl (C=O) groups excluding carboxylic acids is 1. The number of carbonyl (C=O) groups is 1. The number of hydrogen-bond donors (Lipinski definition) is 2. The van der Waals surface area contributed by atoms with Crippen LogP contribution in [0.5, 0.6) is 0 Å². The van der Waals surface area contributed by atoms with Crippen LogP contribution in [0.3, 0.4) is 0 Å². The molecule has 0 unspecified atom stereocenters.